The van der Waals surface area contributed by atoms with Gasteiger partial charge < -0.3 is 14.5 Å². The fourth-order valence-electron chi connectivity index (χ4n) is 2.96. The number of methoxy groups -OCH3 is 1. The molecular formula is C17H29N3O3S. The average molecular weight is 356 g/mol. The topological polar surface area (TPSA) is 53.1 Å². The monoisotopic (exact) mass is 355 g/mol. The van der Waals surface area contributed by atoms with Crippen LogP contribution in [0.3, 0.4) is 0 Å². The van der Waals surface area contributed by atoms with Crippen molar-refractivity contribution >= 4 is 10.0 Å². The Labute approximate surface area is 146 Å². The number of nitrogens with zero attached hydrogens (tertiary/aromatic N) is 3. The molecule has 1 aliphatic heterocycles. The summed E-state index contributed by atoms with van der Waals surface area (Å²) in [5.74, 6) is 0.708. The summed E-state index contributed by atoms with van der Waals surface area (Å²) in [4.78, 5) is 4.86. The number of benzene rings is 1. The van der Waals surface area contributed by atoms with Gasteiger partial charge in [-0.05, 0) is 64.3 Å². The van der Waals surface area contributed by atoms with Crippen LogP contribution in [0.15, 0.2) is 23.1 Å². The predicted octanol–water partition coefficient (Wildman–Crippen LogP) is 1.26. The molecule has 1 heterocycles. The molecule has 0 N–H and O–H groups in total. The van der Waals surface area contributed by atoms with Gasteiger partial charge in [-0.2, -0.15) is 4.31 Å². The summed E-state index contributed by atoms with van der Waals surface area (Å²) in [6, 6.07) is 5.04. The number of rotatable bonds is 7. The molecule has 1 aromatic carbocycles. The maximum atomic E-state index is 12.8. The Morgan fingerprint density at radius 3 is 2.38 bits per heavy atom. The Bertz CT molecular complexity index is 638. The lowest BCUT2D eigenvalue weighted by atomic mass is 10.2. The van der Waals surface area contributed by atoms with Gasteiger partial charge in [-0.15, -0.1) is 0 Å². The van der Waals surface area contributed by atoms with E-state index in [2.05, 4.69) is 23.9 Å². The van der Waals surface area contributed by atoms with Crippen LogP contribution in [0.25, 0.3) is 0 Å². The van der Waals surface area contributed by atoms with Gasteiger partial charge in [0.05, 0.1) is 12.0 Å². The van der Waals surface area contributed by atoms with Crippen molar-refractivity contribution in [3.8, 4) is 5.75 Å². The summed E-state index contributed by atoms with van der Waals surface area (Å²) >= 11 is 0. The van der Waals surface area contributed by atoms with Crippen LogP contribution >= 0.6 is 0 Å². The average Bonchev–Trinajstić information content (AvgIpc) is 2.55. The summed E-state index contributed by atoms with van der Waals surface area (Å²) in [7, 11) is 2.31. The number of sulfonamides is 1. The van der Waals surface area contributed by atoms with Gasteiger partial charge in [-0.3, -0.25) is 0 Å². The van der Waals surface area contributed by atoms with Crippen LogP contribution in [0.5, 0.6) is 5.75 Å². The zero-order valence-electron chi connectivity index (χ0n) is 15.2. The molecule has 24 heavy (non-hydrogen) atoms. The molecule has 0 radical (unpaired) electrons. The number of ether oxygens (including phenoxy) is 1. The molecule has 1 aliphatic rings. The fourth-order valence-corrected chi connectivity index (χ4v) is 4.47. The Kier molecular flexibility index (Phi) is 6.62. The molecule has 0 unspecified atom stereocenters. The largest absolute Gasteiger partial charge is 0.496 e. The molecule has 7 heteroatoms. The van der Waals surface area contributed by atoms with Crippen LogP contribution in [0, 0.1) is 6.92 Å². The molecule has 0 atom stereocenters. The van der Waals surface area contributed by atoms with Crippen LogP contribution in [0.1, 0.15) is 12.0 Å². The molecule has 0 aliphatic carbocycles. The highest BCUT2D eigenvalue weighted by molar-refractivity contribution is 7.89. The van der Waals surface area contributed by atoms with Crippen molar-refractivity contribution in [3.05, 3.63) is 23.8 Å². The van der Waals surface area contributed by atoms with Crippen LogP contribution in [0.4, 0.5) is 0 Å². The van der Waals surface area contributed by atoms with Crippen LogP contribution < -0.4 is 4.74 Å². The molecule has 1 saturated heterocycles. The van der Waals surface area contributed by atoms with Gasteiger partial charge >= 0.3 is 0 Å². The number of piperazine rings is 1. The molecule has 1 fully saturated rings. The first-order valence-electron chi connectivity index (χ1n) is 8.36. The van der Waals surface area contributed by atoms with Gasteiger partial charge in [-0.1, -0.05) is 0 Å². The number of hydrogen-bond acceptors (Lipinski definition) is 5. The lowest BCUT2D eigenvalue weighted by molar-refractivity contribution is 0.181. The summed E-state index contributed by atoms with van der Waals surface area (Å²) in [6.07, 6.45) is 1.11. The Morgan fingerprint density at radius 1 is 1.17 bits per heavy atom. The SMILES string of the molecule is COc1ccc(S(=O)(=O)N2CCN(CCCN(C)C)CC2)cc1C. The third-order valence-corrected chi connectivity index (χ3v) is 6.31. The molecule has 0 amide bonds. The Balaban J connectivity index is 1.96. The summed E-state index contributed by atoms with van der Waals surface area (Å²) in [5.41, 5.74) is 0.834. The summed E-state index contributed by atoms with van der Waals surface area (Å²) < 4.78 is 32.4. The van der Waals surface area contributed by atoms with Gasteiger partial charge in [0.25, 0.3) is 0 Å². The van der Waals surface area contributed by atoms with Crippen LogP contribution in [-0.2, 0) is 10.0 Å². The smallest absolute Gasteiger partial charge is 0.243 e. The maximum absolute atomic E-state index is 12.8. The van der Waals surface area contributed by atoms with Crippen LogP contribution in [-0.4, -0.2) is 83.0 Å². The van der Waals surface area contributed by atoms with Crippen molar-refractivity contribution in [2.45, 2.75) is 18.2 Å². The van der Waals surface area contributed by atoms with E-state index in [1.165, 1.54) is 0 Å². The standard InChI is InChI=1S/C17H29N3O3S/c1-15-14-16(6-7-17(15)23-4)24(21,22)20-12-10-19(11-13-20)9-5-8-18(2)3/h6-7,14H,5,8-13H2,1-4H3. The van der Waals surface area contributed by atoms with Crippen LogP contribution in [0.2, 0.25) is 0 Å². The minimum atomic E-state index is -3.42. The third kappa shape index (κ3) is 4.69. The quantitative estimate of drug-likeness (QED) is 0.737. The third-order valence-electron chi connectivity index (χ3n) is 4.42. The molecule has 1 aromatic rings. The van der Waals surface area contributed by atoms with E-state index < -0.39 is 10.0 Å². The van der Waals surface area contributed by atoms with Gasteiger partial charge in [0.1, 0.15) is 5.75 Å². The van der Waals surface area contributed by atoms with E-state index in [0.29, 0.717) is 23.7 Å². The minimum absolute atomic E-state index is 0.349. The second-order valence-corrected chi connectivity index (χ2v) is 8.47. The summed E-state index contributed by atoms with van der Waals surface area (Å²) in [5, 5.41) is 0. The predicted molar refractivity (Wildman–Crippen MR) is 96.1 cm³/mol. The molecular weight excluding hydrogens is 326 g/mol. The second kappa shape index (κ2) is 8.29. The minimum Gasteiger partial charge on any atom is -0.496 e. The van der Waals surface area contributed by atoms with E-state index in [0.717, 1.165) is 38.2 Å². The molecule has 2 rings (SSSR count). The normalized spacial score (nSPS) is 17.4. The molecule has 6 nitrogen and oxygen atoms in total. The highest BCUT2D eigenvalue weighted by atomic mass is 32.2. The van der Waals surface area contributed by atoms with Gasteiger partial charge in [0.15, 0.2) is 0 Å². The van der Waals surface area contributed by atoms with Crippen molar-refractivity contribution in [3.63, 3.8) is 0 Å². The fraction of sp³-hybridized carbons (Fsp3) is 0.647. The van der Waals surface area contributed by atoms with Crippen molar-refractivity contribution < 1.29 is 13.2 Å². The summed E-state index contributed by atoms with van der Waals surface area (Å²) in [6.45, 7) is 6.63. The van der Waals surface area contributed by atoms with Gasteiger partial charge in [-0.25, -0.2) is 8.42 Å². The van der Waals surface area contributed by atoms with E-state index >= 15 is 0 Å². The van der Waals surface area contributed by atoms with Crippen molar-refractivity contribution in [1.82, 2.24) is 14.1 Å². The maximum Gasteiger partial charge on any atom is 0.243 e. The van der Waals surface area contributed by atoms with Gasteiger partial charge in [0, 0.05) is 26.2 Å². The molecule has 0 bridgehead atoms. The first-order valence-corrected chi connectivity index (χ1v) is 9.80. The first kappa shape index (κ1) is 19.2. The van der Waals surface area contributed by atoms with E-state index in [-0.39, 0.29) is 0 Å². The number of hydrogen-bond donors (Lipinski definition) is 0. The molecule has 0 aromatic heterocycles. The van der Waals surface area contributed by atoms with Gasteiger partial charge in [0.2, 0.25) is 10.0 Å². The van der Waals surface area contributed by atoms with Crippen molar-refractivity contribution in [2.24, 2.45) is 0 Å². The Hall–Kier alpha value is -1.15. The zero-order chi connectivity index (χ0) is 17.7. The lowest BCUT2D eigenvalue weighted by Crippen LogP contribution is -2.48. The second-order valence-electron chi connectivity index (χ2n) is 6.53. The van der Waals surface area contributed by atoms with Crippen molar-refractivity contribution in [1.29, 1.82) is 0 Å². The molecule has 0 spiro atoms. The zero-order valence-corrected chi connectivity index (χ0v) is 16.0. The lowest BCUT2D eigenvalue weighted by Gasteiger charge is -2.34. The molecule has 0 saturated carbocycles. The van der Waals surface area contributed by atoms with E-state index in [1.807, 2.05) is 6.92 Å². The van der Waals surface area contributed by atoms with E-state index in [1.54, 1.807) is 29.6 Å². The Morgan fingerprint density at radius 2 is 1.83 bits per heavy atom. The highest BCUT2D eigenvalue weighted by Gasteiger charge is 2.28. The van der Waals surface area contributed by atoms with E-state index in [9.17, 15) is 8.42 Å². The highest BCUT2D eigenvalue weighted by Crippen LogP contribution is 2.24. The van der Waals surface area contributed by atoms with E-state index in [4.69, 9.17) is 4.74 Å². The van der Waals surface area contributed by atoms with Crippen molar-refractivity contribution in [2.75, 3.05) is 60.5 Å². The molecule has 136 valence electrons. The number of aryl methyl sites for hydroxylation is 1. The first-order chi connectivity index (χ1) is 11.3.